The number of nitrogens with two attached hydrogens (primary N) is 1. The summed E-state index contributed by atoms with van der Waals surface area (Å²) in [7, 11) is 1.66. The number of nitrogens with zero attached hydrogens (tertiary/aromatic N) is 2. The highest BCUT2D eigenvalue weighted by Gasteiger charge is 2.27. The average Bonchev–Trinajstić information content (AvgIpc) is 3.56. The number of hydrogen-bond acceptors (Lipinski definition) is 6. The standard InChI is InChI=1S/C30H27N3O4/c1-18-11-12-25(35-2)22(13-18)20-9-6-10-21-28(31)27-23(32-29(20)21)15-33(30(27)34)24(26-16-36-17-37-26)14-19-7-4-3-5-8-19/h3-13,15-16,24,34H,14,17,31H2,1-2H3. The van der Waals surface area contributed by atoms with Gasteiger partial charge < -0.3 is 29.6 Å². The zero-order chi connectivity index (χ0) is 25.5. The number of aromatic nitrogens is 2. The molecule has 0 aliphatic carbocycles. The van der Waals surface area contributed by atoms with Crippen LogP contribution in [0.15, 0.2) is 84.9 Å². The van der Waals surface area contributed by atoms with Crippen molar-refractivity contribution >= 4 is 27.5 Å². The van der Waals surface area contributed by atoms with Crippen LogP contribution in [-0.4, -0.2) is 28.6 Å². The summed E-state index contributed by atoms with van der Waals surface area (Å²) < 4.78 is 18.5. The molecule has 0 fully saturated rings. The fraction of sp³-hybridized carbons (Fsp3) is 0.167. The molecule has 0 amide bonds. The van der Waals surface area contributed by atoms with Crippen LogP contribution in [-0.2, 0) is 15.9 Å². The van der Waals surface area contributed by atoms with E-state index in [0.29, 0.717) is 28.8 Å². The van der Waals surface area contributed by atoms with Crippen LogP contribution in [0.2, 0.25) is 0 Å². The number of nitrogen functional groups attached to an aromatic ring is 1. The molecule has 0 spiro atoms. The van der Waals surface area contributed by atoms with Gasteiger partial charge in [-0.3, -0.25) is 0 Å². The predicted molar refractivity (Wildman–Crippen MR) is 144 cm³/mol. The van der Waals surface area contributed by atoms with E-state index in [2.05, 4.69) is 6.07 Å². The summed E-state index contributed by atoms with van der Waals surface area (Å²) >= 11 is 0. The van der Waals surface area contributed by atoms with E-state index in [1.54, 1.807) is 17.9 Å². The second-order valence-electron chi connectivity index (χ2n) is 9.21. The Balaban J connectivity index is 1.56. The van der Waals surface area contributed by atoms with E-state index in [1.165, 1.54) is 0 Å². The van der Waals surface area contributed by atoms with Crippen LogP contribution in [0.4, 0.5) is 5.69 Å². The van der Waals surface area contributed by atoms with Gasteiger partial charge in [0.15, 0.2) is 5.76 Å². The van der Waals surface area contributed by atoms with E-state index in [0.717, 1.165) is 38.9 Å². The number of rotatable bonds is 6. The molecule has 0 bridgehead atoms. The maximum Gasteiger partial charge on any atom is 0.229 e. The van der Waals surface area contributed by atoms with Gasteiger partial charge in [0.05, 0.1) is 29.2 Å². The monoisotopic (exact) mass is 493 g/mol. The Morgan fingerprint density at radius 2 is 1.92 bits per heavy atom. The van der Waals surface area contributed by atoms with Crippen molar-refractivity contribution in [2.45, 2.75) is 19.4 Å². The number of pyridine rings is 1. The first-order valence-electron chi connectivity index (χ1n) is 12.1. The van der Waals surface area contributed by atoms with Gasteiger partial charge in [0.1, 0.15) is 18.1 Å². The third-order valence-corrected chi connectivity index (χ3v) is 6.89. The Bertz CT molecular complexity index is 1660. The van der Waals surface area contributed by atoms with Crippen LogP contribution in [0.5, 0.6) is 11.6 Å². The number of hydrogen-bond donors (Lipinski definition) is 2. The molecule has 5 aromatic rings. The topological polar surface area (TPSA) is 91.8 Å². The van der Waals surface area contributed by atoms with Gasteiger partial charge in [-0.25, -0.2) is 4.98 Å². The minimum Gasteiger partial charge on any atom is -0.496 e. The molecule has 3 heterocycles. The van der Waals surface area contributed by atoms with Gasteiger partial charge in [-0.2, -0.15) is 0 Å². The van der Waals surface area contributed by atoms with Crippen molar-refractivity contribution in [2.75, 3.05) is 19.6 Å². The summed E-state index contributed by atoms with van der Waals surface area (Å²) in [5.41, 5.74) is 12.6. The van der Waals surface area contributed by atoms with Crippen molar-refractivity contribution in [1.29, 1.82) is 0 Å². The molecule has 6 rings (SSSR count). The molecule has 1 unspecified atom stereocenters. The van der Waals surface area contributed by atoms with E-state index in [-0.39, 0.29) is 18.7 Å². The zero-order valence-corrected chi connectivity index (χ0v) is 20.6. The molecule has 1 atom stereocenters. The maximum atomic E-state index is 11.4. The molecule has 7 nitrogen and oxygen atoms in total. The number of aromatic hydroxyl groups is 1. The summed E-state index contributed by atoms with van der Waals surface area (Å²) in [6, 6.07) is 21.7. The average molecular weight is 494 g/mol. The van der Waals surface area contributed by atoms with Gasteiger partial charge in [-0.05, 0) is 24.6 Å². The number of aryl methyl sites for hydroxylation is 1. The summed E-state index contributed by atoms with van der Waals surface area (Å²) in [5, 5.41) is 12.7. The van der Waals surface area contributed by atoms with E-state index >= 15 is 0 Å². The van der Waals surface area contributed by atoms with Crippen molar-refractivity contribution in [2.24, 2.45) is 0 Å². The highest BCUT2D eigenvalue weighted by molar-refractivity contribution is 6.12. The Morgan fingerprint density at radius 1 is 1.08 bits per heavy atom. The van der Waals surface area contributed by atoms with Crippen LogP contribution >= 0.6 is 0 Å². The van der Waals surface area contributed by atoms with Gasteiger partial charge in [0, 0.05) is 29.1 Å². The molecule has 2 aromatic heterocycles. The minimum absolute atomic E-state index is 0.0396. The third-order valence-electron chi connectivity index (χ3n) is 6.89. The molecule has 3 aromatic carbocycles. The Kier molecular flexibility index (Phi) is 5.60. The van der Waals surface area contributed by atoms with E-state index in [9.17, 15) is 5.11 Å². The number of benzene rings is 3. The largest absolute Gasteiger partial charge is 0.496 e. The molecule has 0 radical (unpaired) electrons. The fourth-order valence-electron chi connectivity index (χ4n) is 5.07. The SMILES string of the molecule is COc1ccc(C)cc1-c1cccc2c(N)c3c(O)n(C(Cc4ccccc4)C4=COCO4)cc3nc12. The fourth-order valence-corrected chi connectivity index (χ4v) is 5.07. The van der Waals surface area contributed by atoms with Crippen LogP contribution in [0.25, 0.3) is 32.9 Å². The van der Waals surface area contributed by atoms with Gasteiger partial charge in [-0.15, -0.1) is 0 Å². The summed E-state index contributed by atoms with van der Waals surface area (Å²) in [5.74, 6) is 1.43. The van der Waals surface area contributed by atoms with Gasteiger partial charge in [-0.1, -0.05) is 60.2 Å². The van der Waals surface area contributed by atoms with Gasteiger partial charge in [0.25, 0.3) is 0 Å². The van der Waals surface area contributed by atoms with E-state index < -0.39 is 0 Å². The molecule has 0 saturated carbocycles. The molecule has 0 saturated heterocycles. The van der Waals surface area contributed by atoms with Gasteiger partial charge in [0.2, 0.25) is 12.7 Å². The lowest BCUT2D eigenvalue weighted by atomic mass is 9.98. The van der Waals surface area contributed by atoms with Crippen molar-refractivity contribution in [3.63, 3.8) is 0 Å². The van der Waals surface area contributed by atoms with Crippen molar-refractivity contribution in [1.82, 2.24) is 9.55 Å². The first kappa shape index (κ1) is 22.8. The molecule has 1 aliphatic heterocycles. The lowest BCUT2D eigenvalue weighted by Gasteiger charge is -2.19. The highest BCUT2D eigenvalue weighted by Crippen LogP contribution is 2.43. The molecule has 7 heteroatoms. The van der Waals surface area contributed by atoms with Crippen molar-refractivity contribution < 1.29 is 19.3 Å². The van der Waals surface area contributed by atoms with Crippen LogP contribution in [0.3, 0.4) is 0 Å². The normalized spacial score (nSPS) is 13.8. The smallest absolute Gasteiger partial charge is 0.229 e. The van der Waals surface area contributed by atoms with Crippen LogP contribution in [0, 0.1) is 6.92 Å². The molecule has 37 heavy (non-hydrogen) atoms. The summed E-state index contributed by atoms with van der Waals surface area (Å²) in [6.45, 7) is 2.19. The van der Waals surface area contributed by atoms with Crippen LogP contribution < -0.4 is 10.5 Å². The number of allylic oxidation sites excluding steroid dienone is 1. The second-order valence-corrected chi connectivity index (χ2v) is 9.21. The molecule has 186 valence electrons. The number of para-hydroxylation sites is 1. The molecule has 1 aliphatic rings. The molecular formula is C30H27N3O4. The first-order chi connectivity index (χ1) is 18.0. The summed E-state index contributed by atoms with van der Waals surface area (Å²) in [4.78, 5) is 5.01. The van der Waals surface area contributed by atoms with Gasteiger partial charge >= 0.3 is 0 Å². The minimum atomic E-state index is -0.335. The van der Waals surface area contributed by atoms with E-state index in [1.807, 2.05) is 73.8 Å². The summed E-state index contributed by atoms with van der Waals surface area (Å²) in [6.07, 6.45) is 4.03. The maximum absolute atomic E-state index is 11.4. The first-order valence-corrected chi connectivity index (χ1v) is 12.1. The highest BCUT2D eigenvalue weighted by atomic mass is 16.7. The Morgan fingerprint density at radius 3 is 2.68 bits per heavy atom. The predicted octanol–water partition coefficient (Wildman–Crippen LogP) is 6.09. The number of anilines is 1. The lowest BCUT2D eigenvalue weighted by Crippen LogP contribution is -2.14. The third kappa shape index (κ3) is 3.89. The molecular weight excluding hydrogens is 466 g/mol. The zero-order valence-electron chi connectivity index (χ0n) is 20.6. The van der Waals surface area contributed by atoms with Crippen molar-refractivity contribution in [3.8, 4) is 22.8 Å². The second kappa shape index (κ2) is 9.09. The quantitative estimate of drug-likeness (QED) is 0.297. The Labute approximate surface area is 214 Å². The van der Waals surface area contributed by atoms with E-state index in [4.69, 9.17) is 24.9 Å². The number of ether oxygens (including phenoxy) is 3. The van der Waals surface area contributed by atoms with Crippen LogP contribution in [0.1, 0.15) is 17.2 Å². The number of methoxy groups -OCH3 is 1. The number of fused-ring (bicyclic) bond motifs is 2. The molecule has 3 N–H and O–H groups in total. The lowest BCUT2D eigenvalue weighted by molar-refractivity contribution is 0.0707. The van der Waals surface area contributed by atoms with Crippen molar-refractivity contribution in [3.05, 3.63) is 96.1 Å². The Hall–Kier alpha value is -4.65.